The van der Waals surface area contributed by atoms with Gasteiger partial charge in [-0.3, -0.25) is 4.79 Å². The first-order chi connectivity index (χ1) is 12.1. The summed E-state index contributed by atoms with van der Waals surface area (Å²) in [4.78, 5) is 16.7. The molecule has 2 aromatic carbocycles. The molecule has 0 saturated carbocycles. The molecule has 0 aliphatic carbocycles. The van der Waals surface area contributed by atoms with Crippen molar-refractivity contribution in [1.29, 1.82) is 0 Å². The number of pyridine rings is 1. The number of carbonyl (C=O) groups is 1. The Balaban J connectivity index is 1.69. The summed E-state index contributed by atoms with van der Waals surface area (Å²) in [5.74, 6) is 0.473. The van der Waals surface area contributed by atoms with Gasteiger partial charge in [0.15, 0.2) is 0 Å². The number of hydrogen-bond donors (Lipinski definition) is 1. The number of carbonyl (C=O) groups excluding carboxylic acids is 1. The van der Waals surface area contributed by atoms with E-state index in [9.17, 15) is 4.79 Å². The van der Waals surface area contributed by atoms with Gasteiger partial charge in [0.05, 0.1) is 20.6 Å². The predicted molar refractivity (Wildman–Crippen MR) is 105 cm³/mol. The van der Waals surface area contributed by atoms with Crippen LogP contribution in [0.5, 0.6) is 0 Å². The molecule has 1 N–H and O–H groups in total. The monoisotopic (exact) mass is 388 g/mol. The molecule has 0 aliphatic rings. The molecule has 0 spiro atoms. The van der Waals surface area contributed by atoms with Gasteiger partial charge in [0.1, 0.15) is 0 Å². The third-order valence-corrected chi connectivity index (χ3v) is 5.24. The third-order valence-electron chi connectivity index (χ3n) is 3.41. The lowest BCUT2D eigenvalue weighted by Crippen LogP contribution is -2.12. The van der Waals surface area contributed by atoms with Gasteiger partial charge in [0, 0.05) is 17.6 Å². The summed E-state index contributed by atoms with van der Waals surface area (Å²) >= 11 is 13.7. The first kappa shape index (κ1) is 17.8. The van der Waals surface area contributed by atoms with Gasteiger partial charge in [-0.25, -0.2) is 4.98 Å². The largest absolute Gasteiger partial charge is 0.322 e. The van der Waals surface area contributed by atoms with E-state index in [1.165, 1.54) is 0 Å². The van der Waals surface area contributed by atoms with Gasteiger partial charge < -0.3 is 5.32 Å². The third kappa shape index (κ3) is 4.75. The van der Waals surface area contributed by atoms with E-state index >= 15 is 0 Å². The SMILES string of the molecule is O=C(Nc1cccc(CSc2ccccn2)c1)c1cccc(Cl)c1Cl. The van der Waals surface area contributed by atoms with Gasteiger partial charge in [0.2, 0.25) is 0 Å². The van der Waals surface area contributed by atoms with E-state index in [4.69, 9.17) is 23.2 Å². The van der Waals surface area contributed by atoms with E-state index < -0.39 is 0 Å². The Morgan fingerprint density at radius 1 is 1.04 bits per heavy atom. The van der Waals surface area contributed by atoms with E-state index in [0.29, 0.717) is 16.3 Å². The van der Waals surface area contributed by atoms with Crippen molar-refractivity contribution in [2.24, 2.45) is 0 Å². The molecular formula is C19H14Cl2N2OS. The van der Waals surface area contributed by atoms with E-state index in [-0.39, 0.29) is 10.9 Å². The molecule has 25 heavy (non-hydrogen) atoms. The van der Waals surface area contributed by atoms with Crippen LogP contribution in [0.1, 0.15) is 15.9 Å². The van der Waals surface area contributed by atoms with Crippen molar-refractivity contribution >= 4 is 46.6 Å². The first-order valence-electron chi connectivity index (χ1n) is 7.51. The van der Waals surface area contributed by atoms with Crippen LogP contribution in [0.4, 0.5) is 5.69 Å². The minimum absolute atomic E-state index is 0.253. The van der Waals surface area contributed by atoms with Crippen LogP contribution in [0.2, 0.25) is 10.0 Å². The molecule has 3 rings (SSSR count). The van der Waals surface area contributed by atoms with Crippen LogP contribution in [0.3, 0.4) is 0 Å². The molecule has 0 unspecified atom stereocenters. The molecule has 0 atom stereocenters. The summed E-state index contributed by atoms with van der Waals surface area (Å²) in [5.41, 5.74) is 2.15. The number of nitrogens with zero attached hydrogens (tertiary/aromatic N) is 1. The number of benzene rings is 2. The van der Waals surface area contributed by atoms with Crippen molar-refractivity contribution in [2.45, 2.75) is 10.8 Å². The number of aromatic nitrogens is 1. The molecule has 1 amide bonds. The Morgan fingerprint density at radius 2 is 1.88 bits per heavy atom. The number of halogens is 2. The lowest BCUT2D eigenvalue weighted by atomic mass is 10.2. The maximum atomic E-state index is 12.4. The Bertz CT molecular complexity index is 888. The molecule has 0 fully saturated rings. The van der Waals surface area contributed by atoms with Gasteiger partial charge in [0.25, 0.3) is 5.91 Å². The minimum Gasteiger partial charge on any atom is -0.322 e. The topological polar surface area (TPSA) is 42.0 Å². The second-order valence-corrected chi connectivity index (χ2v) is 6.99. The zero-order valence-corrected chi connectivity index (χ0v) is 15.4. The fraction of sp³-hybridized carbons (Fsp3) is 0.0526. The highest BCUT2D eigenvalue weighted by Crippen LogP contribution is 2.27. The van der Waals surface area contributed by atoms with Crippen molar-refractivity contribution in [3.63, 3.8) is 0 Å². The van der Waals surface area contributed by atoms with Crippen LogP contribution in [0, 0.1) is 0 Å². The fourth-order valence-corrected chi connectivity index (χ4v) is 3.40. The van der Waals surface area contributed by atoms with Gasteiger partial charge in [-0.1, -0.05) is 47.5 Å². The number of amides is 1. The van der Waals surface area contributed by atoms with Gasteiger partial charge >= 0.3 is 0 Å². The summed E-state index contributed by atoms with van der Waals surface area (Å²) in [6.07, 6.45) is 1.77. The Hall–Kier alpha value is -2.01. The number of nitrogens with one attached hydrogen (secondary N) is 1. The van der Waals surface area contributed by atoms with Crippen LogP contribution in [0.25, 0.3) is 0 Å². The second-order valence-electron chi connectivity index (χ2n) is 5.21. The maximum Gasteiger partial charge on any atom is 0.257 e. The van der Waals surface area contributed by atoms with E-state index in [0.717, 1.165) is 16.3 Å². The van der Waals surface area contributed by atoms with Crippen molar-refractivity contribution in [1.82, 2.24) is 4.98 Å². The summed E-state index contributed by atoms with van der Waals surface area (Å²) in [5, 5.41) is 4.43. The van der Waals surface area contributed by atoms with E-state index in [1.54, 1.807) is 36.2 Å². The highest BCUT2D eigenvalue weighted by Gasteiger charge is 2.13. The normalized spacial score (nSPS) is 10.5. The molecule has 6 heteroatoms. The van der Waals surface area contributed by atoms with E-state index in [1.807, 2.05) is 42.5 Å². The molecule has 0 radical (unpaired) electrons. The number of rotatable bonds is 5. The zero-order chi connectivity index (χ0) is 17.6. The average molecular weight is 389 g/mol. The highest BCUT2D eigenvalue weighted by atomic mass is 35.5. The van der Waals surface area contributed by atoms with Crippen molar-refractivity contribution in [3.8, 4) is 0 Å². The molecule has 1 heterocycles. The highest BCUT2D eigenvalue weighted by molar-refractivity contribution is 7.98. The van der Waals surface area contributed by atoms with Crippen molar-refractivity contribution in [2.75, 3.05) is 5.32 Å². The van der Waals surface area contributed by atoms with Crippen LogP contribution >= 0.6 is 35.0 Å². The fourth-order valence-electron chi connectivity index (χ4n) is 2.21. The molecule has 126 valence electrons. The molecule has 3 nitrogen and oxygen atoms in total. The molecule has 0 bridgehead atoms. The van der Waals surface area contributed by atoms with Gasteiger partial charge in [-0.2, -0.15) is 0 Å². The lowest BCUT2D eigenvalue weighted by molar-refractivity contribution is 0.102. The maximum absolute atomic E-state index is 12.4. The van der Waals surface area contributed by atoms with Crippen LogP contribution in [-0.2, 0) is 5.75 Å². The molecular weight excluding hydrogens is 375 g/mol. The van der Waals surface area contributed by atoms with Crippen LogP contribution in [-0.4, -0.2) is 10.9 Å². The van der Waals surface area contributed by atoms with Crippen molar-refractivity contribution < 1.29 is 4.79 Å². The zero-order valence-electron chi connectivity index (χ0n) is 13.1. The Kier molecular flexibility index (Phi) is 5.97. The predicted octanol–water partition coefficient (Wildman–Crippen LogP) is 5.93. The summed E-state index contributed by atoms with van der Waals surface area (Å²) in [6.45, 7) is 0. The van der Waals surface area contributed by atoms with Gasteiger partial charge in [-0.15, -0.1) is 11.8 Å². The number of anilines is 1. The Labute approximate surface area is 160 Å². The first-order valence-corrected chi connectivity index (χ1v) is 9.26. The molecule has 1 aromatic heterocycles. The second kappa shape index (κ2) is 8.39. The molecule has 3 aromatic rings. The number of hydrogen-bond acceptors (Lipinski definition) is 3. The van der Waals surface area contributed by atoms with Gasteiger partial charge in [-0.05, 0) is 42.0 Å². The Morgan fingerprint density at radius 3 is 2.68 bits per heavy atom. The van der Waals surface area contributed by atoms with Crippen LogP contribution < -0.4 is 5.32 Å². The summed E-state index contributed by atoms with van der Waals surface area (Å²) in [7, 11) is 0. The molecule has 0 saturated heterocycles. The average Bonchev–Trinajstić information content (AvgIpc) is 2.63. The molecule has 0 aliphatic heterocycles. The van der Waals surface area contributed by atoms with E-state index in [2.05, 4.69) is 10.3 Å². The summed E-state index contributed by atoms with van der Waals surface area (Å²) < 4.78 is 0. The minimum atomic E-state index is -0.290. The standard InChI is InChI=1S/C19H14Cl2N2OS/c20-16-8-4-7-15(18(16)21)19(24)23-14-6-3-5-13(11-14)12-25-17-9-1-2-10-22-17/h1-11H,12H2,(H,23,24). The van der Waals surface area contributed by atoms with Crippen LogP contribution in [0.15, 0.2) is 71.9 Å². The summed E-state index contributed by atoms with van der Waals surface area (Å²) in [6, 6.07) is 18.5. The quantitative estimate of drug-likeness (QED) is 0.550. The lowest BCUT2D eigenvalue weighted by Gasteiger charge is -2.09. The smallest absolute Gasteiger partial charge is 0.257 e. The van der Waals surface area contributed by atoms with Crippen molar-refractivity contribution in [3.05, 3.63) is 88.0 Å². The number of thioether (sulfide) groups is 1.